The predicted octanol–water partition coefficient (Wildman–Crippen LogP) is 1.47. The van der Waals surface area contributed by atoms with Gasteiger partial charge in [-0.2, -0.15) is 5.10 Å². The molecule has 0 bridgehead atoms. The Balaban J connectivity index is 2.33. The molecule has 0 fully saturated rings. The summed E-state index contributed by atoms with van der Waals surface area (Å²) in [5.74, 6) is -0.533. The van der Waals surface area contributed by atoms with E-state index in [0.29, 0.717) is 10.2 Å². The van der Waals surface area contributed by atoms with Crippen LogP contribution in [0, 0.1) is 13.8 Å². The number of esters is 1. The Kier molecular flexibility index (Phi) is 4.46. The second-order valence-corrected chi connectivity index (χ2v) is 5.27. The van der Waals surface area contributed by atoms with Crippen molar-refractivity contribution in [3.63, 3.8) is 0 Å². The molecule has 2 heterocycles. The van der Waals surface area contributed by atoms with Crippen LogP contribution in [0.15, 0.2) is 27.6 Å². The third-order valence-electron chi connectivity index (χ3n) is 2.99. The number of nitrogens with zero attached hydrogens (tertiary/aromatic N) is 3. The lowest BCUT2D eigenvalue weighted by Crippen LogP contribution is -2.29. The summed E-state index contributed by atoms with van der Waals surface area (Å²) in [6.07, 6.45) is 1.48. The van der Waals surface area contributed by atoms with Gasteiger partial charge in [-0.1, -0.05) is 0 Å². The molecule has 112 valence electrons. The molecule has 0 aliphatic carbocycles. The smallest absolute Gasteiger partial charge is 0.327 e. The van der Waals surface area contributed by atoms with Crippen LogP contribution in [-0.4, -0.2) is 27.5 Å². The van der Waals surface area contributed by atoms with Crippen molar-refractivity contribution in [2.24, 2.45) is 0 Å². The number of hydrogen-bond acceptors (Lipinski definition) is 5. The Bertz CT molecular complexity index is 716. The summed E-state index contributed by atoms with van der Waals surface area (Å²) in [4.78, 5) is 23.4. The topological polar surface area (TPSA) is 78.2 Å². The van der Waals surface area contributed by atoms with E-state index < -0.39 is 11.5 Å². The maximum Gasteiger partial charge on any atom is 0.327 e. The fraction of sp³-hybridized carbons (Fsp3) is 0.308. The van der Waals surface area contributed by atoms with Crippen molar-refractivity contribution >= 4 is 27.6 Å². The zero-order valence-electron chi connectivity index (χ0n) is 11.9. The van der Waals surface area contributed by atoms with E-state index in [9.17, 15) is 9.59 Å². The Morgan fingerprint density at radius 1 is 1.38 bits per heavy atom. The molecule has 0 spiro atoms. The first-order chi connectivity index (χ1) is 9.93. The van der Waals surface area contributed by atoms with Crippen molar-refractivity contribution in [1.82, 2.24) is 14.5 Å². The van der Waals surface area contributed by atoms with Gasteiger partial charge in [-0.25, -0.2) is 4.68 Å². The van der Waals surface area contributed by atoms with Crippen LogP contribution in [0.1, 0.15) is 11.4 Å². The van der Waals surface area contributed by atoms with Gasteiger partial charge in [0.15, 0.2) is 0 Å². The van der Waals surface area contributed by atoms with Crippen molar-refractivity contribution in [3.05, 3.63) is 44.5 Å². The largest absolute Gasteiger partial charge is 0.468 e. The summed E-state index contributed by atoms with van der Waals surface area (Å²) in [7, 11) is 1.26. The van der Waals surface area contributed by atoms with E-state index in [4.69, 9.17) is 0 Å². The zero-order chi connectivity index (χ0) is 15.6. The number of hydrogen-bond donors (Lipinski definition) is 1. The number of halogens is 1. The van der Waals surface area contributed by atoms with Crippen LogP contribution < -0.4 is 11.0 Å². The summed E-state index contributed by atoms with van der Waals surface area (Å²) < 4.78 is 7.70. The number of rotatable bonds is 4. The van der Waals surface area contributed by atoms with E-state index >= 15 is 0 Å². The average molecular weight is 355 g/mol. The summed E-state index contributed by atoms with van der Waals surface area (Å²) >= 11 is 3.24. The van der Waals surface area contributed by atoms with Gasteiger partial charge in [0, 0.05) is 11.4 Å². The van der Waals surface area contributed by atoms with Gasteiger partial charge in [0.1, 0.15) is 11.0 Å². The van der Waals surface area contributed by atoms with Gasteiger partial charge in [0.05, 0.1) is 19.0 Å². The third-order valence-corrected chi connectivity index (χ3v) is 3.76. The van der Waals surface area contributed by atoms with Gasteiger partial charge in [-0.3, -0.25) is 19.7 Å². The lowest BCUT2D eigenvalue weighted by Gasteiger charge is -2.14. The molecule has 0 amide bonds. The summed E-state index contributed by atoms with van der Waals surface area (Å²) in [6.45, 7) is 3.66. The molecule has 0 radical (unpaired) electrons. The van der Waals surface area contributed by atoms with E-state index in [0.717, 1.165) is 16.1 Å². The number of ether oxygens (including phenoxy) is 1. The maximum absolute atomic E-state index is 12.1. The van der Waals surface area contributed by atoms with Crippen LogP contribution in [0.3, 0.4) is 0 Å². The van der Waals surface area contributed by atoms with Crippen LogP contribution in [0.4, 0.5) is 5.69 Å². The standard InChI is InChI=1S/C13H15BrN4O3/c1-8-4-5-9(2)18(8)16-10-6-15-17(7-11(19)21-3)13(20)12(10)14/h4-6,16H,7H2,1-3H3. The highest BCUT2D eigenvalue weighted by Crippen LogP contribution is 2.18. The molecule has 7 nitrogen and oxygen atoms in total. The minimum absolute atomic E-state index is 0.226. The van der Waals surface area contributed by atoms with Crippen LogP contribution in [0.5, 0.6) is 0 Å². The third kappa shape index (κ3) is 3.15. The van der Waals surface area contributed by atoms with Gasteiger partial charge in [-0.15, -0.1) is 0 Å². The number of methoxy groups -OCH3 is 1. The summed E-state index contributed by atoms with van der Waals surface area (Å²) in [5.41, 5.74) is 5.21. The minimum atomic E-state index is -0.533. The van der Waals surface area contributed by atoms with Gasteiger partial charge < -0.3 is 4.74 Å². The Morgan fingerprint density at radius 3 is 2.57 bits per heavy atom. The van der Waals surface area contributed by atoms with Gasteiger partial charge in [0.2, 0.25) is 0 Å². The molecule has 0 aromatic carbocycles. The van der Waals surface area contributed by atoms with Gasteiger partial charge in [-0.05, 0) is 41.9 Å². The number of aryl methyl sites for hydroxylation is 2. The molecule has 1 N–H and O–H groups in total. The normalized spacial score (nSPS) is 10.5. The number of nitrogens with one attached hydrogen (secondary N) is 1. The van der Waals surface area contributed by atoms with Crippen LogP contribution in [-0.2, 0) is 16.1 Å². The monoisotopic (exact) mass is 354 g/mol. The molecule has 0 aliphatic rings. The fourth-order valence-electron chi connectivity index (χ4n) is 1.81. The maximum atomic E-state index is 12.1. The zero-order valence-corrected chi connectivity index (χ0v) is 13.5. The molecule has 2 aromatic heterocycles. The summed E-state index contributed by atoms with van der Waals surface area (Å²) in [5, 5.41) is 3.96. The van der Waals surface area contributed by atoms with Crippen molar-refractivity contribution in [2.45, 2.75) is 20.4 Å². The molecule has 0 saturated carbocycles. The van der Waals surface area contributed by atoms with Crippen LogP contribution in [0.25, 0.3) is 0 Å². The first-order valence-electron chi connectivity index (χ1n) is 6.18. The average Bonchev–Trinajstić information content (AvgIpc) is 2.78. The first kappa shape index (κ1) is 15.3. The highest BCUT2D eigenvalue weighted by molar-refractivity contribution is 9.10. The lowest BCUT2D eigenvalue weighted by molar-refractivity contribution is -0.141. The second kappa shape index (κ2) is 6.13. The van der Waals surface area contributed by atoms with Crippen molar-refractivity contribution in [3.8, 4) is 0 Å². The van der Waals surface area contributed by atoms with Crippen molar-refractivity contribution < 1.29 is 9.53 Å². The minimum Gasteiger partial charge on any atom is -0.468 e. The van der Waals surface area contributed by atoms with Crippen LogP contribution in [0.2, 0.25) is 0 Å². The first-order valence-corrected chi connectivity index (χ1v) is 6.97. The van der Waals surface area contributed by atoms with Gasteiger partial charge >= 0.3 is 5.97 Å². The Hall–Kier alpha value is -2.09. The molecule has 0 unspecified atom stereocenters. The molecule has 0 saturated heterocycles. The second-order valence-electron chi connectivity index (χ2n) is 4.47. The molecule has 21 heavy (non-hydrogen) atoms. The van der Waals surface area contributed by atoms with E-state index in [1.807, 2.05) is 30.7 Å². The van der Waals surface area contributed by atoms with E-state index in [2.05, 4.69) is 31.2 Å². The Morgan fingerprint density at radius 2 is 2.00 bits per heavy atom. The van der Waals surface area contributed by atoms with Gasteiger partial charge in [0.25, 0.3) is 5.56 Å². The molecule has 8 heteroatoms. The number of aromatic nitrogens is 3. The lowest BCUT2D eigenvalue weighted by atomic mass is 10.4. The quantitative estimate of drug-likeness (QED) is 0.841. The number of carbonyl (C=O) groups excluding carboxylic acids is 1. The highest BCUT2D eigenvalue weighted by Gasteiger charge is 2.12. The fourth-order valence-corrected chi connectivity index (χ4v) is 2.20. The Labute approximate surface area is 129 Å². The SMILES string of the molecule is COC(=O)Cn1ncc(Nn2c(C)ccc2C)c(Br)c1=O. The number of anilines is 1. The van der Waals surface area contributed by atoms with Crippen molar-refractivity contribution in [2.75, 3.05) is 12.5 Å². The van der Waals surface area contributed by atoms with E-state index in [1.165, 1.54) is 13.3 Å². The molecule has 0 aliphatic heterocycles. The highest BCUT2D eigenvalue weighted by atomic mass is 79.9. The molecular formula is C13H15BrN4O3. The summed E-state index contributed by atoms with van der Waals surface area (Å²) in [6, 6.07) is 3.92. The number of carbonyl (C=O) groups is 1. The molecule has 2 rings (SSSR count). The molecular weight excluding hydrogens is 340 g/mol. The van der Waals surface area contributed by atoms with E-state index in [-0.39, 0.29) is 6.54 Å². The van der Waals surface area contributed by atoms with Crippen LogP contribution >= 0.6 is 15.9 Å². The predicted molar refractivity (Wildman–Crippen MR) is 81.1 cm³/mol. The molecule has 0 atom stereocenters. The van der Waals surface area contributed by atoms with Crippen molar-refractivity contribution in [1.29, 1.82) is 0 Å². The van der Waals surface area contributed by atoms with E-state index in [1.54, 1.807) is 0 Å². The molecule has 2 aromatic rings.